The summed E-state index contributed by atoms with van der Waals surface area (Å²) in [5, 5.41) is 6.32. The van der Waals surface area contributed by atoms with Gasteiger partial charge in [0.2, 0.25) is 0 Å². The molecule has 0 heterocycles. The molecular formula is C20H22N4O6. The summed E-state index contributed by atoms with van der Waals surface area (Å²) in [5.41, 5.74) is 8.54. The Labute approximate surface area is 173 Å². The van der Waals surface area contributed by atoms with E-state index in [-0.39, 0.29) is 13.2 Å². The van der Waals surface area contributed by atoms with Gasteiger partial charge in [-0.1, -0.05) is 0 Å². The maximum Gasteiger partial charge on any atom is 0.338 e. The Bertz CT molecular complexity index is 927. The number of primary amides is 1. The zero-order valence-corrected chi connectivity index (χ0v) is 16.5. The molecule has 158 valence electrons. The average molecular weight is 414 g/mol. The number of hydrogen-bond acceptors (Lipinski definition) is 7. The Balaban J connectivity index is 1.93. The van der Waals surface area contributed by atoms with E-state index < -0.39 is 17.9 Å². The summed E-state index contributed by atoms with van der Waals surface area (Å²) in [4.78, 5) is 34.4. The van der Waals surface area contributed by atoms with Gasteiger partial charge in [-0.25, -0.2) is 15.0 Å². The molecule has 0 unspecified atom stereocenters. The van der Waals surface area contributed by atoms with Crippen LogP contribution in [0.15, 0.2) is 47.6 Å². The molecule has 10 heteroatoms. The number of amides is 3. The van der Waals surface area contributed by atoms with Gasteiger partial charge in [0, 0.05) is 5.69 Å². The lowest BCUT2D eigenvalue weighted by molar-refractivity contribution is -0.118. The van der Waals surface area contributed by atoms with Crippen LogP contribution >= 0.6 is 0 Å². The van der Waals surface area contributed by atoms with Crippen molar-refractivity contribution >= 4 is 29.8 Å². The van der Waals surface area contributed by atoms with Crippen LogP contribution in [0.2, 0.25) is 0 Å². The van der Waals surface area contributed by atoms with Crippen LogP contribution in [0.1, 0.15) is 22.8 Å². The molecule has 0 saturated heterocycles. The van der Waals surface area contributed by atoms with Crippen molar-refractivity contribution < 1.29 is 28.6 Å². The second-order valence-electron chi connectivity index (χ2n) is 5.78. The number of hydrogen-bond donors (Lipinski definition) is 3. The predicted molar refractivity (Wildman–Crippen MR) is 110 cm³/mol. The van der Waals surface area contributed by atoms with E-state index in [1.165, 1.54) is 13.3 Å². The number of rotatable bonds is 9. The van der Waals surface area contributed by atoms with Crippen LogP contribution in [-0.2, 0) is 9.53 Å². The lowest BCUT2D eigenvalue weighted by Gasteiger charge is -2.11. The number of nitrogens with two attached hydrogens (primary N) is 1. The molecule has 0 atom stereocenters. The third-order valence-electron chi connectivity index (χ3n) is 3.61. The van der Waals surface area contributed by atoms with E-state index in [1.54, 1.807) is 49.4 Å². The Morgan fingerprint density at radius 1 is 1.10 bits per heavy atom. The Morgan fingerprint density at radius 2 is 1.83 bits per heavy atom. The number of benzene rings is 2. The summed E-state index contributed by atoms with van der Waals surface area (Å²) in [6.45, 7) is 1.76. The molecular weight excluding hydrogens is 392 g/mol. The standard InChI is InChI=1S/C20H22N4O6/c1-3-29-19(26)14-5-7-15(8-6-14)23-18(25)12-30-16-9-4-13(10-17(16)28-2)11-22-24-20(21)27/h4-11H,3,12H2,1-2H3,(H,23,25)(H3,21,24,27). The molecule has 0 aliphatic carbocycles. The molecule has 0 aliphatic heterocycles. The van der Waals surface area contributed by atoms with Gasteiger partial charge in [-0.05, 0) is 55.0 Å². The van der Waals surface area contributed by atoms with Gasteiger partial charge in [0.05, 0.1) is 25.5 Å². The molecule has 0 spiro atoms. The summed E-state index contributed by atoms with van der Waals surface area (Å²) in [6.07, 6.45) is 1.38. The number of anilines is 1. The molecule has 4 N–H and O–H groups in total. The fourth-order valence-corrected chi connectivity index (χ4v) is 2.30. The largest absolute Gasteiger partial charge is 0.493 e. The molecule has 3 amide bonds. The third kappa shape index (κ3) is 6.82. The van der Waals surface area contributed by atoms with Gasteiger partial charge in [0.1, 0.15) is 0 Å². The van der Waals surface area contributed by atoms with E-state index in [1.807, 2.05) is 0 Å². The molecule has 2 aromatic carbocycles. The minimum atomic E-state index is -0.778. The number of carbonyl (C=O) groups excluding carboxylic acids is 3. The maximum absolute atomic E-state index is 12.1. The number of carbonyl (C=O) groups is 3. The number of urea groups is 1. The molecule has 0 aromatic heterocycles. The third-order valence-corrected chi connectivity index (χ3v) is 3.61. The van der Waals surface area contributed by atoms with Crippen molar-refractivity contribution in [3.8, 4) is 11.5 Å². The summed E-state index contributed by atoms with van der Waals surface area (Å²) in [5.74, 6) is -0.0862. The van der Waals surface area contributed by atoms with Crippen molar-refractivity contribution in [3.05, 3.63) is 53.6 Å². The second-order valence-corrected chi connectivity index (χ2v) is 5.78. The van der Waals surface area contributed by atoms with Gasteiger partial charge < -0.3 is 25.3 Å². The molecule has 0 bridgehead atoms. The normalized spacial score (nSPS) is 10.3. The molecule has 10 nitrogen and oxygen atoms in total. The summed E-state index contributed by atoms with van der Waals surface area (Å²) >= 11 is 0. The van der Waals surface area contributed by atoms with Gasteiger partial charge in [-0.3, -0.25) is 4.79 Å². The van der Waals surface area contributed by atoms with Crippen molar-refractivity contribution in [2.75, 3.05) is 25.6 Å². The van der Waals surface area contributed by atoms with Gasteiger partial charge >= 0.3 is 12.0 Å². The number of ether oxygens (including phenoxy) is 3. The zero-order chi connectivity index (χ0) is 21.9. The summed E-state index contributed by atoms with van der Waals surface area (Å²) in [6, 6.07) is 10.4. The monoisotopic (exact) mass is 414 g/mol. The zero-order valence-electron chi connectivity index (χ0n) is 16.5. The molecule has 0 saturated carbocycles. The summed E-state index contributed by atoms with van der Waals surface area (Å²) < 4.78 is 15.7. The SMILES string of the molecule is CCOC(=O)c1ccc(NC(=O)COc2ccc(C=NNC(N)=O)cc2OC)cc1. The molecule has 30 heavy (non-hydrogen) atoms. The first-order valence-electron chi connectivity index (χ1n) is 8.89. The Morgan fingerprint density at radius 3 is 2.47 bits per heavy atom. The van der Waals surface area contributed by atoms with Gasteiger partial charge in [-0.15, -0.1) is 0 Å². The summed E-state index contributed by atoms with van der Waals surface area (Å²) in [7, 11) is 1.45. The fraction of sp³-hybridized carbons (Fsp3) is 0.200. The average Bonchev–Trinajstić information content (AvgIpc) is 2.73. The molecule has 0 aliphatic rings. The van der Waals surface area contributed by atoms with E-state index in [4.69, 9.17) is 19.9 Å². The number of nitrogens with zero attached hydrogens (tertiary/aromatic N) is 1. The topological polar surface area (TPSA) is 141 Å². The lowest BCUT2D eigenvalue weighted by atomic mass is 10.2. The van der Waals surface area contributed by atoms with Crippen LogP contribution in [0.4, 0.5) is 10.5 Å². The highest BCUT2D eigenvalue weighted by Crippen LogP contribution is 2.27. The lowest BCUT2D eigenvalue weighted by Crippen LogP contribution is -2.24. The Kier molecular flexibility index (Phi) is 8.18. The minimum absolute atomic E-state index is 0.257. The van der Waals surface area contributed by atoms with Gasteiger partial charge in [0.15, 0.2) is 18.1 Å². The fourth-order valence-electron chi connectivity index (χ4n) is 2.30. The van der Waals surface area contributed by atoms with E-state index in [2.05, 4.69) is 15.8 Å². The van der Waals surface area contributed by atoms with Crippen molar-refractivity contribution in [3.63, 3.8) is 0 Å². The van der Waals surface area contributed by atoms with Gasteiger partial charge in [-0.2, -0.15) is 5.10 Å². The van der Waals surface area contributed by atoms with Crippen LogP contribution in [0.3, 0.4) is 0 Å². The predicted octanol–water partition coefficient (Wildman–Crippen LogP) is 1.89. The molecule has 2 aromatic rings. The molecule has 0 radical (unpaired) electrons. The van der Waals surface area contributed by atoms with Crippen molar-refractivity contribution in [2.24, 2.45) is 10.8 Å². The number of methoxy groups -OCH3 is 1. The number of nitrogens with one attached hydrogen (secondary N) is 2. The molecule has 2 rings (SSSR count). The second kappa shape index (κ2) is 11.1. The minimum Gasteiger partial charge on any atom is -0.493 e. The number of esters is 1. The van der Waals surface area contributed by atoms with Crippen LogP contribution in [0, 0.1) is 0 Å². The van der Waals surface area contributed by atoms with Gasteiger partial charge in [0.25, 0.3) is 5.91 Å². The first-order valence-corrected chi connectivity index (χ1v) is 8.89. The molecule has 0 fully saturated rings. The highest BCUT2D eigenvalue weighted by molar-refractivity contribution is 5.93. The van der Waals surface area contributed by atoms with Crippen LogP contribution < -0.4 is 25.9 Å². The van der Waals surface area contributed by atoms with Crippen LogP contribution in [0.25, 0.3) is 0 Å². The van der Waals surface area contributed by atoms with E-state index in [0.29, 0.717) is 28.3 Å². The quantitative estimate of drug-likeness (QED) is 0.325. The van der Waals surface area contributed by atoms with Crippen LogP contribution in [0.5, 0.6) is 11.5 Å². The van der Waals surface area contributed by atoms with E-state index in [9.17, 15) is 14.4 Å². The van der Waals surface area contributed by atoms with Crippen LogP contribution in [-0.4, -0.2) is 44.4 Å². The number of hydrazone groups is 1. The smallest absolute Gasteiger partial charge is 0.338 e. The van der Waals surface area contributed by atoms with E-state index in [0.717, 1.165) is 0 Å². The highest BCUT2D eigenvalue weighted by Gasteiger charge is 2.10. The first-order chi connectivity index (χ1) is 14.4. The Hall–Kier alpha value is -4.08. The highest BCUT2D eigenvalue weighted by atomic mass is 16.5. The first kappa shape index (κ1) is 22.2. The van der Waals surface area contributed by atoms with Crippen molar-refractivity contribution in [1.29, 1.82) is 0 Å². The van der Waals surface area contributed by atoms with Crippen molar-refractivity contribution in [1.82, 2.24) is 5.43 Å². The van der Waals surface area contributed by atoms with E-state index >= 15 is 0 Å². The van der Waals surface area contributed by atoms with Crippen molar-refractivity contribution in [2.45, 2.75) is 6.92 Å². The maximum atomic E-state index is 12.1.